The van der Waals surface area contributed by atoms with Crippen molar-refractivity contribution in [2.45, 2.75) is 44.1 Å². The molecular formula is C28H25ClF2N4O4S2. The summed E-state index contributed by atoms with van der Waals surface area (Å²) in [5.74, 6) is -2.69. The van der Waals surface area contributed by atoms with Crippen molar-refractivity contribution < 1.29 is 27.8 Å². The number of aryl methyl sites for hydroxylation is 1. The quantitative estimate of drug-likeness (QED) is 0.287. The number of hydrogen-bond donors (Lipinski definition) is 1. The molecule has 0 radical (unpaired) electrons. The molecule has 1 aromatic carbocycles. The van der Waals surface area contributed by atoms with Crippen molar-refractivity contribution in [1.82, 2.24) is 15.3 Å². The van der Waals surface area contributed by atoms with Crippen molar-refractivity contribution >= 4 is 52.0 Å². The van der Waals surface area contributed by atoms with Gasteiger partial charge >= 0.3 is 11.9 Å². The van der Waals surface area contributed by atoms with Gasteiger partial charge in [-0.25, -0.2) is 23.5 Å². The zero-order valence-electron chi connectivity index (χ0n) is 22.1. The molecule has 2 aromatic heterocycles. The molecule has 1 N–H and O–H groups in total. The maximum Gasteiger partial charge on any atom is 0.338 e. The van der Waals surface area contributed by atoms with Gasteiger partial charge in [0.15, 0.2) is 22.5 Å². The summed E-state index contributed by atoms with van der Waals surface area (Å²) in [7, 11) is 2.68. The van der Waals surface area contributed by atoms with Gasteiger partial charge in [0.25, 0.3) is 0 Å². The van der Waals surface area contributed by atoms with E-state index in [1.54, 1.807) is 22.9 Å². The number of benzene rings is 1. The molecule has 0 saturated heterocycles. The number of halogens is 3. The number of amidine groups is 1. The fourth-order valence-electron chi connectivity index (χ4n) is 5.64. The molecule has 6 rings (SSSR count). The van der Waals surface area contributed by atoms with Crippen LogP contribution in [0.15, 0.2) is 40.0 Å². The van der Waals surface area contributed by atoms with Crippen LogP contribution in [0.25, 0.3) is 0 Å². The molecule has 1 aliphatic heterocycles. The van der Waals surface area contributed by atoms with E-state index >= 15 is 0 Å². The van der Waals surface area contributed by atoms with Gasteiger partial charge in [-0.05, 0) is 38.2 Å². The van der Waals surface area contributed by atoms with Gasteiger partial charge in [0, 0.05) is 39.6 Å². The second kappa shape index (κ2) is 11.2. The molecule has 214 valence electrons. The smallest absolute Gasteiger partial charge is 0.338 e. The Morgan fingerprint density at radius 3 is 2.66 bits per heavy atom. The second-order valence-electron chi connectivity index (χ2n) is 10.2. The number of fused-ring (bicyclic) bond motifs is 1. The Bertz CT molecular complexity index is 1580. The molecule has 1 fully saturated rings. The maximum atomic E-state index is 14.6. The van der Waals surface area contributed by atoms with Gasteiger partial charge in [-0.3, -0.25) is 9.79 Å². The van der Waals surface area contributed by atoms with Crippen molar-refractivity contribution in [2.24, 2.45) is 16.8 Å². The molecular weight excluding hydrogens is 594 g/mol. The summed E-state index contributed by atoms with van der Waals surface area (Å²) in [5.41, 5.74) is 1.98. The number of carbonyl (C=O) groups excluding carboxylic acids is 2. The van der Waals surface area contributed by atoms with E-state index < -0.39 is 28.7 Å². The molecule has 8 nitrogen and oxygen atoms in total. The van der Waals surface area contributed by atoms with E-state index in [0.717, 1.165) is 34.5 Å². The van der Waals surface area contributed by atoms with Crippen LogP contribution in [0, 0.1) is 23.5 Å². The van der Waals surface area contributed by atoms with Crippen molar-refractivity contribution in [2.75, 3.05) is 14.2 Å². The normalized spacial score (nSPS) is 23.7. The molecule has 0 amide bonds. The van der Waals surface area contributed by atoms with E-state index in [4.69, 9.17) is 31.1 Å². The van der Waals surface area contributed by atoms with Crippen LogP contribution in [0.4, 0.5) is 8.78 Å². The largest absolute Gasteiger partial charge is 0.469 e. The fourth-order valence-corrected chi connectivity index (χ4v) is 7.80. The third kappa shape index (κ3) is 5.06. The van der Waals surface area contributed by atoms with Gasteiger partial charge in [0.2, 0.25) is 0 Å². The van der Waals surface area contributed by atoms with Gasteiger partial charge < -0.3 is 14.8 Å². The summed E-state index contributed by atoms with van der Waals surface area (Å²) in [4.78, 5) is 40.2. The highest BCUT2D eigenvalue weighted by Gasteiger charge is 2.41. The number of aromatic nitrogens is 2. The van der Waals surface area contributed by atoms with Gasteiger partial charge in [0.1, 0.15) is 6.04 Å². The Hall–Kier alpha value is -3.22. The lowest BCUT2D eigenvalue weighted by atomic mass is 9.75. The Morgan fingerprint density at radius 2 is 1.95 bits per heavy atom. The molecule has 13 heteroatoms. The maximum absolute atomic E-state index is 14.6. The minimum absolute atomic E-state index is 0.0819. The summed E-state index contributed by atoms with van der Waals surface area (Å²) < 4.78 is 38.6. The van der Waals surface area contributed by atoms with E-state index in [1.807, 2.05) is 0 Å². The van der Waals surface area contributed by atoms with E-state index in [9.17, 15) is 18.4 Å². The first kappa shape index (κ1) is 27.9. The topological polar surface area (TPSA) is 103 Å². The van der Waals surface area contributed by atoms with Crippen molar-refractivity contribution in [1.29, 1.82) is 0 Å². The fraction of sp³-hybridized carbons (Fsp3) is 0.393. The van der Waals surface area contributed by atoms with E-state index in [0.29, 0.717) is 35.8 Å². The molecule has 2 aliphatic carbocycles. The number of esters is 2. The average Bonchev–Trinajstić information content (AvgIpc) is 3.64. The molecule has 3 aliphatic rings. The standard InChI is InChI=1S/C28H25ClF2N4O4S2/c1-38-27(36)14-9-13(10-14)25-33-17-6-3-12(11-18(17)41-25)22-19(28(37)39-2)23(15-4-5-16(30)21(31)20(15)29)35-24(34-22)26-32-7-8-40-26/h4-5,7-8,12-14,23H,3,6,9-11H2,1-2H3,(H,34,35)/t12?,13-,14-,23?. The van der Waals surface area contributed by atoms with Crippen LogP contribution in [-0.2, 0) is 31.9 Å². The van der Waals surface area contributed by atoms with Crippen molar-refractivity contribution in [3.63, 3.8) is 0 Å². The number of nitrogens with one attached hydrogen (secondary N) is 1. The van der Waals surface area contributed by atoms with Crippen LogP contribution in [0.5, 0.6) is 0 Å². The number of allylic oxidation sites excluding steroid dienone is 1. The number of thiazole rings is 2. The van der Waals surface area contributed by atoms with Crippen LogP contribution in [0.1, 0.15) is 57.4 Å². The molecule has 3 aromatic rings. The van der Waals surface area contributed by atoms with Crippen LogP contribution in [-0.4, -0.2) is 42.0 Å². The molecule has 41 heavy (non-hydrogen) atoms. The van der Waals surface area contributed by atoms with Gasteiger partial charge in [0.05, 0.1) is 41.4 Å². The van der Waals surface area contributed by atoms with Crippen LogP contribution in [0.2, 0.25) is 5.02 Å². The summed E-state index contributed by atoms with van der Waals surface area (Å²) in [6.07, 6.45) is 5.10. The van der Waals surface area contributed by atoms with Gasteiger partial charge in [-0.2, -0.15) is 0 Å². The molecule has 3 heterocycles. The Morgan fingerprint density at radius 1 is 1.15 bits per heavy atom. The minimum atomic E-state index is -1.20. The zero-order valence-corrected chi connectivity index (χ0v) is 24.5. The first-order chi connectivity index (χ1) is 19.8. The Kier molecular flexibility index (Phi) is 7.64. The highest BCUT2D eigenvalue weighted by atomic mass is 35.5. The third-order valence-corrected chi connectivity index (χ3v) is 10.3. The van der Waals surface area contributed by atoms with Crippen molar-refractivity contribution in [3.05, 3.63) is 77.8 Å². The number of hydrogen-bond acceptors (Lipinski definition) is 10. The lowest BCUT2D eigenvalue weighted by molar-refractivity contribution is -0.148. The van der Waals surface area contributed by atoms with Crippen molar-refractivity contribution in [3.8, 4) is 0 Å². The van der Waals surface area contributed by atoms with E-state index in [1.165, 1.54) is 31.6 Å². The molecule has 0 spiro atoms. The number of carbonyl (C=O) groups is 2. The van der Waals surface area contributed by atoms with E-state index in [-0.39, 0.29) is 34.9 Å². The van der Waals surface area contributed by atoms with Gasteiger partial charge in [-0.15, -0.1) is 22.7 Å². The summed E-state index contributed by atoms with van der Waals surface area (Å²) in [6.45, 7) is 0. The first-order valence-corrected chi connectivity index (χ1v) is 15.1. The minimum Gasteiger partial charge on any atom is -0.469 e. The zero-order chi connectivity index (χ0) is 28.8. The highest BCUT2D eigenvalue weighted by Crippen LogP contribution is 2.47. The molecule has 2 atom stereocenters. The Labute approximate surface area is 247 Å². The first-order valence-electron chi connectivity index (χ1n) is 13.1. The average molecular weight is 619 g/mol. The van der Waals surface area contributed by atoms with Crippen LogP contribution >= 0.6 is 34.3 Å². The predicted molar refractivity (Wildman–Crippen MR) is 150 cm³/mol. The van der Waals surface area contributed by atoms with E-state index in [2.05, 4.69) is 10.3 Å². The van der Waals surface area contributed by atoms with Gasteiger partial charge in [-0.1, -0.05) is 17.7 Å². The molecule has 1 saturated carbocycles. The number of ether oxygens (including phenoxy) is 2. The highest BCUT2D eigenvalue weighted by molar-refractivity contribution is 7.12. The third-order valence-electron chi connectivity index (χ3n) is 7.86. The number of nitrogens with zero attached hydrogens (tertiary/aromatic N) is 3. The number of rotatable bonds is 6. The molecule has 2 unspecified atom stereocenters. The van der Waals surface area contributed by atoms with Crippen LogP contribution < -0.4 is 5.32 Å². The summed E-state index contributed by atoms with van der Waals surface area (Å²) >= 11 is 9.28. The lowest BCUT2D eigenvalue weighted by Crippen LogP contribution is -2.38. The summed E-state index contributed by atoms with van der Waals surface area (Å²) in [6, 6.07) is 1.28. The Balaban J connectivity index is 1.37. The SMILES string of the molecule is COC(=O)C1=C(C2CCc3nc([C@H]4C[C@H](C(=O)OC)C4)sc3C2)NC(c2nccs2)=NC1c1ccc(F)c(F)c1Cl. The second-order valence-corrected chi connectivity index (χ2v) is 12.6. The van der Waals surface area contributed by atoms with Crippen LogP contribution in [0.3, 0.4) is 0 Å². The molecule has 0 bridgehead atoms. The monoisotopic (exact) mass is 618 g/mol. The number of aliphatic imine (C=N–C) groups is 1. The lowest BCUT2D eigenvalue weighted by Gasteiger charge is -2.32. The predicted octanol–water partition coefficient (Wildman–Crippen LogP) is 5.52. The summed E-state index contributed by atoms with van der Waals surface area (Å²) in [5, 5.41) is 6.30. The number of methoxy groups -OCH3 is 2.